The fraction of sp³-hybridized carbons (Fsp3) is 0.415. The molecule has 0 spiro atoms. The first-order chi connectivity index (χ1) is 20.7. The fourth-order valence-corrected chi connectivity index (χ4v) is 9.28. The van der Waals surface area contributed by atoms with E-state index >= 15 is 0 Å². The second kappa shape index (κ2) is 8.84. The van der Waals surface area contributed by atoms with Crippen molar-refractivity contribution in [1.29, 1.82) is 0 Å². The van der Waals surface area contributed by atoms with Gasteiger partial charge in [-0.1, -0.05) is 104 Å². The average molecular weight is 579 g/mol. The number of benzene rings is 4. The molecule has 4 aromatic rings. The van der Waals surface area contributed by atoms with Gasteiger partial charge in [-0.15, -0.1) is 0 Å². The van der Waals surface area contributed by atoms with Gasteiger partial charge in [-0.3, -0.25) is 0 Å². The Morgan fingerprint density at radius 3 is 2.05 bits per heavy atom. The molecule has 1 saturated carbocycles. The van der Waals surface area contributed by atoms with Crippen molar-refractivity contribution in [3.63, 3.8) is 0 Å². The number of hydrogen-bond acceptors (Lipinski definition) is 2. The Morgan fingerprint density at radius 2 is 1.34 bits per heavy atom. The summed E-state index contributed by atoms with van der Waals surface area (Å²) < 4.78 is 0. The summed E-state index contributed by atoms with van der Waals surface area (Å²) in [5.41, 5.74) is 17.3. The second-order valence-corrected chi connectivity index (χ2v) is 16.7. The van der Waals surface area contributed by atoms with Gasteiger partial charge in [0.25, 0.3) is 6.71 Å². The van der Waals surface area contributed by atoms with Gasteiger partial charge in [0.2, 0.25) is 0 Å². The number of anilines is 5. The van der Waals surface area contributed by atoms with Crippen LogP contribution in [-0.2, 0) is 16.2 Å². The van der Waals surface area contributed by atoms with Crippen molar-refractivity contribution in [3.8, 4) is 0 Å². The van der Waals surface area contributed by atoms with E-state index < -0.39 is 0 Å². The van der Waals surface area contributed by atoms with Gasteiger partial charge >= 0.3 is 0 Å². The summed E-state index contributed by atoms with van der Waals surface area (Å²) in [5.74, 6) is 0. The molecule has 2 nitrogen and oxygen atoms in total. The maximum absolute atomic E-state index is 2.83. The topological polar surface area (TPSA) is 6.48 Å². The van der Waals surface area contributed by atoms with Gasteiger partial charge in [0.1, 0.15) is 0 Å². The molecule has 2 unspecified atom stereocenters. The number of nitrogens with zero attached hydrogens (tertiary/aromatic N) is 2. The Bertz CT molecular complexity index is 1840. The van der Waals surface area contributed by atoms with Crippen molar-refractivity contribution in [2.75, 3.05) is 9.80 Å². The lowest BCUT2D eigenvalue weighted by atomic mass is 9.33. The van der Waals surface area contributed by atoms with E-state index in [0.717, 1.165) is 0 Å². The molecule has 1 aliphatic carbocycles. The largest absolute Gasteiger partial charge is 0.335 e. The lowest BCUT2D eigenvalue weighted by Crippen LogP contribution is -2.64. The molecule has 2 atom stereocenters. The third kappa shape index (κ3) is 3.56. The van der Waals surface area contributed by atoms with Gasteiger partial charge in [-0.25, -0.2) is 0 Å². The molecule has 1 fully saturated rings. The normalized spacial score (nSPS) is 23.2. The smallest absolute Gasteiger partial charge is 0.252 e. The zero-order valence-corrected chi connectivity index (χ0v) is 28.2. The highest BCUT2D eigenvalue weighted by molar-refractivity contribution is 7.00. The molecule has 0 saturated heterocycles. The first-order valence-corrected chi connectivity index (χ1v) is 16.9. The van der Waals surface area contributed by atoms with E-state index in [1.54, 1.807) is 5.56 Å². The summed E-state index contributed by atoms with van der Waals surface area (Å²) in [6.07, 6.45) is 5.10. The molecule has 0 bridgehead atoms. The summed E-state index contributed by atoms with van der Waals surface area (Å²) in [4.78, 5) is 5.41. The minimum atomic E-state index is 0.0585. The van der Waals surface area contributed by atoms with Crippen LogP contribution in [0.4, 0.5) is 28.4 Å². The van der Waals surface area contributed by atoms with E-state index in [1.165, 1.54) is 87.2 Å². The van der Waals surface area contributed by atoms with E-state index in [9.17, 15) is 0 Å². The highest BCUT2D eigenvalue weighted by Crippen LogP contribution is 2.61. The minimum Gasteiger partial charge on any atom is -0.335 e. The van der Waals surface area contributed by atoms with Crippen LogP contribution in [0.25, 0.3) is 0 Å². The van der Waals surface area contributed by atoms with Gasteiger partial charge in [0.05, 0.1) is 5.54 Å². The van der Waals surface area contributed by atoms with Crippen molar-refractivity contribution >= 4 is 51.5 Å². The first-order valence-electron chi connectivity index (χ1n) is 16.9. The molecule has 0 amide bonds. The van der Waals surface area contributed by atoms with E-state index in [0.29, 0.717) is 0 Å². The molecule has 224 valence electrons. The Kier molecular flexibility index (Phi) is 5.63. The predicted molar refractivity (Wildman–Crippen MR) is 191 cm³/mol. The van der Waals surface area contributed by atoms with Gasteiger partial charge < -0.3 is 9.80 Å². The van der Waals surface area contributed by atoms with Crippen LogP contribution in [0.1, 0.15) is 103 Å². The molecule has 8 rings (SSSR count). The molecule has 0 N–H and O–H groups in total. The maximum Gasteiger partial charge on any atom is 0.252 e. The van der Waals surface area contributed by atoms with Crippen LogP contribution in [0, 0.1) is 6.92 Å². The highest BCUT2D eigenvalue weighted by atomic mass is 15.3. The van der Waals surface area contributed by atoms with Crippen LogP contribution >= 0.6 is 0 Å². The van der Waals surface area contributed by atoms with Gasteiger partial charge in [-0.05, 0) is 106 Å². The van der Waals surface area contributed by atoms with Crippen LogP contribution in [0.5, 0.6) is 0 Å². The summed E-state index contributed by atoms with van der Waals surface area (Å²) in [6, 6.07) is 28.9. The van der Waals surface area contributed by atoms with Crippen LogP contribution in [-0.4, -0.2) is 12.3 Å². The van der Waals surface area contributed by atoms with E-state index in [2.05, 4.69) is 145 Å². The van der Waals surface area contributed by atoms with E-state index in [4.69, 9.17) is 0 Å². The standard InChI is InChI=1S/C41H47BN2/c1-26-23-34-36-35(24-26)44-37-30(40(8)21-10-11-22-41(40,44)9)13-12-14-31(37)42(36)32-25-28(39(5,6)7)17-20-33(32)43(34)29-18-15-27(16-19-29)38(2,3)4/h12-20,23-25H,10-11,21-22H2,1-9H3. The van der Waals surface area contributed by atoms with Crippen molar-refractivity contribution in [2.45, 2.75) is 110 Å². The molecule has 4 aromatic carbocycles. The Morgan fingerprint density at radius 1 is 0.682 bits per heavy atom. The Labute approximate surface area is 265 Å². The quantitative estimate of drug-likeness (QED) is 0.183. The number of hydrogen-bond donors (Lipinski definition) is 0. The first kappa shape index (κ1) is 28.0. The second-order valence-electron chi connectivity index (χ2n) is 16.7. The third-order valence-electron chi connectivity index (χ3n) is 12.0. The fourth-order valence-electron chi connectivity index (χ4n) is 9.28. The average Bonchev–Trinajstić information content (AvgIpc) is 3.18. The van der Waals surface area contributed by atoms with Crippen molar-refractivity contribution in [1.82, 2.24) is 0 Å². The summed E-state index contributed by atoms with van der Waals surface area (Å²) in [6.45, 7) is 21.6. The zero-order chi connectivity index (χ0) is 31.0. The molecular formula is C41H47BN2. The zero-order valence-electron chi connectivity index (χ0n) is 28.2. The number of para-hydroxylation sites is 1. The van der Waals surface area contributed by atoms with E-state index in [-0.39, 0.29) is 28.5 Å². The molecule has 3 heterocycles. The Balaban J connectivity index is 1.46. The van der Waals surface area contributed by atoms with Crippen LogP contribution in [0.2, 0.25) is 0 Å². The minimum absolute atomic E-state index is 0.0585. The van der Waals surface area contributed by atoms with Crippen LogP contribution in [0.3, 0.4) is 0 Å². The van der Waals surface area contributed by atoms with Crippen molar-refractivity contribution in [2.24, 2.45) is 0 Å². The third-order valence-corrected chi connectivity index (χ3v) is 12.0. The molecule has 0 radical (unpaired) electrons. The SMILES string of the molecule is Cc1cc2c3c(c1)N1c4c(cccc4C4(C)CCCCC14C)B3c1cc(C(C)(C)C)ccc1N2c1ccc(C(C)(C)C)cc1. The summed E-state index contributed by atoms with van der Waals surface area (Å²) >= 11 is 0. The van der Waals surface area contributed by atoms with Crippen LogP contribution in [0.15, 0.2) is 72.8 Å². The lowest BCUT2D eigenvalue weighted by Gasteiger charge is -2.53. The summed E-state index contributed by atoms with van der Waals surface area (Å²) in [5, 5.41) is 0. The molecular weight excluding hydrogens is 531 g/mol. The van der Waals surface area contributed by atoms with Crippen molar-refractivity contribution < 1.29 is 0 Å². The monoisotopic (exact) mass is 578 g/mol. The number of rotatable bonds is 1. The summed E-state index contributed by atoms with van der Waals surface area (Å²) in [7, 11) is 0. The van der Waals surface area contributed by atoms with Crippen molar-refractivity contribution in [3.05, 3.63) is 95.1 Å². The van der Waals surface area contributed by atoms with E-state index in [1.807, 2.05) is 0 Å². The van der Waals surface area contributed by atoms with Gasteiger partial charge in [0.15, 0.2) is 0 Å². The van der Waals surface area contributed by atoms with Gasteiger partial charge in [-0.2, -0.15) is 0 Å². The molecule has 44 heavy (non-hydrogen) atoms. The number of fused-ring (bicyclic) bond motifs is 7. The molecule has 4 aliphatic rings. The molecule has 3 aliphatic heterocycles. The van der Waals surface area contributed by atoms with Gasteiger partial charge in [0, 0.05) is 33.9 Å². The predicted octanol–water partition coefficient (Wildman–Crippen LogP) is 8.94. The molecule has 0 aromatic heterocycles. The Hall–Kier alpha value is -3.46. The number of aryl methyl sites for hydroxylation is 1. The lowest BCUT2D eigenvalue weighted by molar-refractivity contribution is 0.195. The highest BCUT2D eigenvalue weighted by Gasteiger charge is 2.61. The molecule has 3 heteroatoms. The van der Waals surface area contributed by atoms with Crippen LogP contribution < -0.4 is 26.2 Å². The maximum atomic E-state index is 2.83.